The van der Waals surface area contributed by atoms with Crippen molar-refractivity contribution in [1.29, 1.82) is 0 Å². The summed E-state index contributed by atoms with van der Waals surface area (Å²) in [5.74, 6) is 0.423. The van der Waals surface area contributed by atoms with Crippen molar-refractivity contribution in [3.8, 4) is 11.5 Å². The normalized spacial score (nSPS) is 12.9. The zero-order chi connectivity index (χ0) is 22.3. The van der Waals surface area contributed by atoms with Gasteiger partial charge in [-0.05, 0) is 35.7 Å². The quantitative estimate of drug-likeness (QED) is 0.542. The first-order chi connectivity index (χ1) is 15.6. The van der Waals surface area contributed by atoms with Crippen LogP contribution in [0.4, 0.5) is 0 Å². The number of rotatable bonds is 8. The van der Waals surface area contributed by atoms with E-state index in [0.29, 0.717) is 18.0 Å². The molecule has 1 aliphatic rings. The molecule has 1 unspecified atom stereocenters. The van der Waals surface area contributed by atoms with E-state index in [1.165, 1.54) is 0 Å². The van der Waals surface area contributed by atoms with E-state index < -0.39 is 12.1 Å². The topological polar surface area (TPSA) is 73.9 Å². The van der Waals surface area contributed by atoms with Crippen molar-refractivity contribution in [3.05, 3.63) is 95.6 Å². The van der Waals surface area contributed by atoms with Gasteiger partial charge in [-0.2, -0.15) is 0 Å². The molecule has 1 heterocycles. The lowest BCUT2D eigenvalue weighted by Gasteiger charge is -2.19. The molecule has 3 aromatic carbocycles. The highest BCUT2D eigenvalue weighted by Gasteiger charge is 2.23. The van der Waals surface area contributed by atoms with Crippen LogP contribution >= 0.6 is 0 Å². The predicted octanol–water partition coefficient (Wildman–Crippen LogP) is 4.19. The summed E-state index contributed by atoms with van der Waals surface area (Å²) < 4.78 is 16.1. The molecule has 0 radical (unpaired) electrons. The van der Waals surface area contributed by atoms with E-state index >= 15 is 0 Å². The number of ether oxygens (including phenoxy) is 3. The number of carbonyl (C=O) groups is 2. The minimum atomic E-state index is -0.899. The Morgan fingerprint density at radius 3 is 2.19 bits per heavy atom. The van der Waals surface area contributed by atoms with Crippen LogP contribution in [0.2, 0.25) is 0 Å². The van der Waals surface area contributed by atoms with Crippen LogP contribution in [0, 0.1) is 0 Å². The van der Waals surface area contributed by atoms with Gasteiger partial charge >= 0.3 is 5.97 Å². The van der Waals surface area contributed by atoms with E-state index in [0.717, 1.165) is 16.7 Å². The van der Waals surface area contributed by atoms with Crippen LogP contribution in [-0.2, 0) is 20.9 Å². The van der Waals surface area contributed by atoms with Gasteiger partial charge in [0.15, 0.2) is 17.6 Å². The van der Waals surface area contributed by atoms with Crippen molar-refractivity contribution >= 4 is 11.9 Å². The first kappa shape index (κ1) is 21.4. The Morgan fingerprint density at radius 1 is 0.906 bits per heavy atom. The fraction of sp³-hybridized carbons (Fsp3) is 0.231. The second-order valence-electron chi connectivity index (χ2n) is 7.62. The highest BCUT2D eigenvalue weighted by Crippen LogP contribution is 2.32. The third kappa shape index (κ3) is 5.27. The third-order valence-corrected chi connectivity index (χ3v) is 5.36. The van der Waals surface area contributed by atoms with Crippen molar-refractivity contribution in [2.75, 3.05) is 6.79 Å². The molecular formula is C26H25NO5. The number of fused-ring (bicyclic) bond motifs is 1. The summed E-state index contributed by atoms with van der Waals surface area (Å²) in [7, 11) is 0. The minimum Gasteiger partial charge on any atom is -0.454 e. The minimum absolute atomic E-state index is 0.145. The van der Waals surface area contributed by atoms with E-state index in [1.807, 2.05) is 72.8 Å². The van der Waals surface area contributed by atoms with Crippen molar-refractivity contribution < 1.29 is 23.8 Å². The van der Waals surface area contributed by atoms with Gasteiger partial charge in [-0.3, -0.25) is 9.59 Å². The van der Waals surface area contributed by atoms with Crippen molar-refractivity contribution in [1.82, 2.24) is 5.32 Å². The molecule has 1 N–H and O–H groups in total. The van der Waals surface area contributed by atoms with Crippen LogP contribution in [0.15, 0.2) is 78.9 Å². The lowest BCUT2D eigenvalue weighted by Crippen LogP contribution is -2.35. The van der Waals surface area contributed by atoms with Gasteiger partial charge < -0.3 is 19.5 Å². The fourth-order valence-corrected chi connectivity index (χ4v) is 3.65. The monoisotopic (exact) mass is 431 g/mol. The van der Waals surface area contributed by atoms with Gasteiger partial charge in [-0.15, -0.1) is 0 Å². The number of nitrogens with one attached hydrogen (secondary N) is 1. The van der Waals surface area contributed by atoms with E-state index in [-0.39, 0.29) is 25.0 Å². The standard InChI is InChI=1S/C26H25NO5/c1-18(26(29)27-16-19-12-13-23-24(14-19)31-17-30-23)32-25(28)15-22(20-8-4-2-5-9-20)21-10-6-3-7-11-21/h2-14,18,22H,15-17H2,1H3,(H,27,29). The number of hydrogen-bond donors (Lipinski definition) is 1. The summed E-state index contributed by atoms with van der Waals surface area (Å²) in [6.07, 6.45) is -0.753. The Labute approximate surface area is 187 Å². The molecule has 1 atom stereocenters. The number of benzene rings is 3. The van der Waals surface area contributed by atoms with Gasteiger partial charge in [0.2, 0.25) is 6.79 Å². The summed E-state index contributed by atoms with van der Waals surface area (Å²) in [4.78, 5) is 25.2. The third-order valence-electron chi connectivity index (χ3n) is 5.36. The Hall–Kier alpha value is -3.80. The van der Waals surface area contributed by atoms with Crippen LogP contribution in [-0.4, -0.2) is 24.8 Å². The van der Waals surface area contributed by atoms with E-state index in [4.69, 9.17) is 14.2 Å². The predicted molar refractivity (Wildman–Crippen MR) is 119 cm³/mol. The zero-order valence-electron chi connectivity index (χ0n) is 17.8. The lowest BCUT2D eigenvalue weighted by atomic mass is 9.88. The molecule has 0 bridgehead atoms. The number of amides is 1. The smallest absolute Gasteiger partial charge is 0.307 e. The molecular weight excluding hydrogens is 406 g/mol. The van der Waals surface area contributed by atoms with Gasteiger partial charge in [0.05, 0.1) is 6.42 Å². The van der Waals surface area contributed by atoms with Crippen LogP contribution in [0.1, 0.15) is 36.0 Å². The summed E-state index contributed by atoms with van der Waals surface area (Å²) >= 11 is 0. The molecule has 164 valence electrons. The molecule has 0 aliphatic carbocycles. The number of hydrogen-bond acceptors (Lipinski definition) is 5. The molecule has 0 fully saturated rings. The molecule has 1 aliphatic heterocycles. The first-order valence-corrected chi connectivity index (χ1v) is 10.6. The van der Waals surface area contributed by atoms with Gasteiger partial charge in [-0.25, -0.2) is 0 Å². The molecule has 0 saturated carbocycles. The summed E-state index contributed by atoms with van der Waals surface area (Å²) in [6, 6.07) is 25.1. The van der Waals surface area contributed by atoms with E-state index in [1.54, 1.807) is 13.0 Å². The second kappa shape index (κ2) is 10.0. The van der Waals surface area contributed by atoms with E-state index in [2.05, 4.69) is 5.32 Å². The Bertz CT molecular complexity index is 1030. The average molecular weight is 431 g/mol. The highest BCUT2D eigenvalue weighted by atomic mass is 16.7. The van der Waals surface area contributed by atoms with Gasteiger partial charge in [0.1, 0.15) is 0 Å². The van der Waals surface area contributed by atoms with Crippen LogP contribution < -0.4 is 14.8 Å². The molecule has 1 amide bonds. The first-order valence-electron chi connectivity index (χ1n) is 10.6. The molecule has 0 aromatic heterocycles. The molecule has 32 heavy (non-hydrogen) atoms. The maximum Gasteiger partial charge on any atom is 0.307 e. The van der Waals surface area contributed by atoms with Gasteiger partial charge in [-0.1, -0.05) is 66.7 Å². The largest absolute Gasteiger partial charge is 0.454 e. The van der Waals surface area contributed by atoms with Crippen LogP contribution in [0.5, 0.6) is 11.5 Å². The maximum absolute atomic E-state index is 12.7. The zero-order valence-corrected chi connectivity index (χ0v) is 17.8. The van der Waals surface area contributed by atoms with Crippen molar-refractivity contribution in [3.63, 3.8) is 0 Å². The fourth-order valence-electron chi connectivity index (χ4n) is 3.65. The molecule has 4 rings (SSSR count). The van der Waals surface area contributed by atoms with Crippen molar-refractivity contribution in [2.45, 2.75) is 31.9 Å². The molecule has 6 heteroatoms. The van der Waals surface area contributed by atoms with Gasteiger partial charge in [0, 0.05) is 12.5 Å². The molecule has 0 spiro atoms. The highest BCUT2D eigenvalue weighted by molar-refractivity contribution is 5.83. The average Bonchev–Trinajstić information content (AvgIpc) is 3.30. The Balaban J connectivity index is 1.34. The van der Waals surface area contributed by atoms with E-state index in [9.17, 15) is 9.59 Å². The lowest BCUT2D eigenvalue weighted by molar-refractivity contribution is -0.155. The van der Waals surface area contributed by atoms with Gasteiger partial charge in [0.25, 0.3) is 5.91 Å². The van der Waals surface area contributed by atoms with Crippen LogP contribution in [0.3, 0.4) is 0 Å². The van der Waals surface area contributed by atoms with Crippen molar-refractivity contribution in [2.24, 2.45) is 0 Å². The van der Waals surface area contributed by atoms with Crippen LogP contribution in [0.25, 0.3) is 0 Å². The number of esters is 1. The Morgan fingerprint density at radius 2 is 1.53 bits per heavy atom. The molecule has 3 aromatic rings. The summed E-state index contributed by atoms with van der Waals surface area (Å²) in [5.41, 5.74) is 2.92. The maximum atomic E-state index is 12.7. The summed E-state index contributed by atoms with van der Waals surface area (Å²) in [5, 5.41) is 2.80. The second-order valence-corrected chi connectivity index (χ2v) is 7.62. The Kier molecular flexibility index (Phi) is 6.70. The molecule has 6 nitrogen and oxygen atoms in total. The number of carbonyl (C=O) groups excluding carboxylic acids is 2. The SMILES string of the molecule is CC(OC(=O)CC(c1ccccc1)c1ccccc1)C(=O)NCc1ccc2c(c1)OCO2. The molecule has 0 saturated heterocycles. The summed E-state index contributed by atoms with van der Waals surface area (Å²) in [6.45, 7) is 2.08.